The van der Waals surface area contributed by atoms with Crippen LogP contribution in [0.1, 0.15) is 35.6 Å². The molecular formula is C23H22N2O5S. The first-order chi connectivity index (χ1) is 15.0. The van der Waals surface area contributed by atoms with Gasteiger partial charge in [-0.25, -0.2) is 4.79 Å². The smallest absolute Gasteiger partial charge is 0.336 e. The van der Waals surface area contributed by atoms with Crippen LogP contribution >= 0.6 is 11.3 Å². The molecule has 3 heterocycles. The van der Waals surface area contributed by atoms with Gasteiger partial charge in [-0.05, 0) is 36.4 Å². The number of hydrogen-bond donors (Lipinski definition) is 1. The van der Waals surface area contributed by atoms with Crippen molar-refractivity contribution in [3.05, 3.63) is 75.0 Å². The van der Waals surface area contributed by atoms with E-state index in [4.69, 9.17) is 9.47 Å². The predicted molar refractivity (Wildman–Crippen MR) is 114 cm³/mol. The van der Waals surface area contributed by atoms with Crippen molar-refractivity contribution in [1.29, 1.82) is 0 Å². The zero-order chi connectivity index (χ0) is 22.1. The minimum atomic E-state index is -0.985. The molecule has 1 aliphatic carbocycles. The highest BCUT2D eigenvalue weighted by atomic mass is 32.1. The number of allylic oxidation sites excluding steroid dienone is 3. The first kappa shape index (κ1) is 21.0. The average Bonchev–Trinajstić information content (AvgIpc) is 3.32. The Morgan fingerprint density at radius 1 is 1.19 bits per heavy atom. The molecule has 0 radical (unpaired) electrons. The molecule has 0 saturated heterocycles. The lowest BCUT2D eigenvalue weighted by molar-refractivity contribution is -0.149. The Labute approximate surface area is 183 Å². The Kier molecular flexibility index (Phi) is 5.73. The molecule has 3 atom stereocenters. The summed E-state index contributed by atoms with van der Waals surface area (Å²) in [6, 6.07) is 7.39. The topological polar surface area (TPSA) is 94.6 Å². The lowest BCUT2D eigenvalue weighted by atomic mass is 9.68. The highest BCUT2D eigenvalue weighted by Crippen LogP contribution is 2.48. The van der Waals surface area contributed by atoms with E-state index in [1.807, 2.05) is 23.6 Å². The molecule has 31 heavy (non-hydrogen) atoms. The fourth-order valence-electron chi connectivity index (χ4n) is 4.46. The Morgan fingerprint density at radius 3 is 2.61 bits per heavy atom. The van der Waals surface area contributed by atoms with Gasteiger partial charge in [0.05, 0.1) is 19.8 Å². The summed E-state index contributed by atoms with van der Waals surface area (Å²) in [5, 5.41) is 5.17. The van der Waals surface area contributed by atoms with Gasteiger partial charge in [0, 0.05) is 46.1 Å². The van der Waals surface area contributed by atoms with Gasteiger partial charge in [0.1, 0.15) is 5.92 Å². The SMILES string of the molecule is COC(=O)C1=C(C)NC2=C(C(=O)[C@@H](C(=O)OC)[C@H](c3cccs3)C2)[C@H]1c1cccnc1. The van der Waals surface area contributed by atoms with Crippen molar-refractivity contribution in [2.45, 2.75) is 25.2 Å². The molecule has 8 heteroatoms. The van der Waals surface area contributed by atoms with Gasteiger partial charge in [0.25, 0.3) is 0 Å². The van der Waals surface area contributed by atoms with E-state index in [9.17, 15) is 14.4 Å². The summed E-state index contributed by atoms with van der Waals surface area (Å²) in [6.07, 6.45) is 3.70. The molecule has 160 valence electrons. The molecule has 0 aromatic carbocycles. The van der Waals surface area contributed by atoms with Gasteiger partial charge in [0.2, 0.25) is 0 Å². The lowest BCUT2D eigenvalue weighted by Crippen LogP contribution is -2.43. The van der Waals surface area contributed by atoms with Crippen molar-refractivity contribution >= 4 is 29.1 Å². The summed E-state index contributed by atoms with van der Waals surface area (Å²) >= 11 is 1.50. The Hall–Kier alpha value is -3.26. The average molecular weight is 439 g/mol. The third-order valence-corrected chi connectivity index (χ3v) is 6.81. The van der Waals surface area contributed by atoms with Crippen molar-refractivity contribution in [2.75, 3.05) is 14.2 Å². The van der Waals surface area contributed by atoms with Gasteiger partial charge in [-0.2, -0.15) is 0 Å². The Morgan fingerprint density at radius 2 is 2.00 bits per heavy atom. The second-order valence-corrected chi connectivity index (χ2v) is 8.44. The van der Waals surface area contributed by atoms with Crippen LogP contribution in [0.25, 0.3) is 0 Å². The van der Waals surface area contributed by atoms with E-state index in [0.29, 0.717) is 34.5 Å². The molecule has 7 nitrogen and oxygen atoms in total. The van der Waals surface area contributed by atoms with Crippen molar-refractivity contribution in [1.82, 2.24) is 10.3 Å². The molecular weight excluding hydrogens is 416 g/mol. The summed E-state index contributed by atoms with van der Waals surface area (Å²) in [5.74, 6) is -3.46. The van der Waals surface area contributed by atoms with Gasteiger partial charge >= 0.3 is 11.9 Å². The van der Waals surface area contributed by atoms with Crippen molar-refractivity contribution in [3.8, 4) is 0 Å². The van der Waals surface area contributed by atoms with Crippen LogP contribution in [0.3, 0.4) is 0 Å². The molecule has 4 rings (SSSR count). The maximum atomic E-state index is 13.8. The van der Waals surface area contributed by atoms with E-state index in [-0.39, 0.29) is 11.7 Å². The van der Waals surface area contributed by atoms with Crippen molar-refractivity contribution in [3.63, 3.8) is 0 Å². The van der Waals surface area contributed by atoms with Gasteiger partial charge in [-0.15, -0.1) is 11.3 Å². The standard InChI is InChI=1S/C23H22N2O5S/c1-12-17(22(27)29-2)18(13-6-4-8-24-11-13)20-15(25-12)10-14(16-7-5-9-31-16)19(21(20)26)23(28)30-3/h4-9,11,14,18-19,25H,10H2,1-3H3/t14-,18-,19-/m0/s1. The van der Waals surface area contributed by atoms with Crippen molar-refractivity contribution < 1.29 is 23.9 Å². The number of pyridine rings is 1. The summed E-state index contributed by atoms with van der Waals surface area (Å²) in [4.78, 5) is 44.4. The van der Waals surface area contributed by atoms with Crippen LogP contribution in [0.2, 0.25) is 0 Å². The quantitative estimate of drug-likeness (QED) is 0.579. The summed E-state index contributed by atoms with van der Waals surface area (Å²) in [5.41, 5.74) is 2.74. The fraction of sp³-hybridized carbons (Fsp3) is 0.304. The molecule has 2 aromatic heterocycles. The molecule has 0 fully saturated rings. The normalized spacial score (nSPS) is 23.2. The van der Waals surface area contributed by atoms with Crippen LogP contribution in [0, 0.1) is 5.92 Å². The second kappa shape index (κ2) is 8.47. The summed E-state index contributed by atoms with van der Waals surface area (Å²) in [6.45, 7) is 1.79. The lowest BCUT2D eigenvalue weighted by Gasteiger charge is -2.38. The molecule has 0 saturated carbocycles. The number of nitrogens with zero attached hydrogens (tertiary/aromatic N) is 1. The number of carbonyl (C=O) groups excluding carboxylic acids is 3. The Bertz CT molecular complexity index is 1090. The van der Waals surface area contributed by atoms with Crippen molar-refractivity contribution in [2.24, 2.45) is 5.92 Å². The zero-order valence-corrected chi connectivity index (χ0v) is 18.2. The number of esters is 2. The number of rotatable bonds is 4. The minimum Gasteiger partial charge on any atom is -0.468 e. The van der Waals surface area contributed by atoms with Crippen LogP contribution in [-0.4, -0.2) is 36.9 Å². The van der Waals surface area contributed by atoms with Gasteiger partial charge in [0.15, 0.2) is 5.78 Å². The molecule has 0 unspecified atom stereocenters. The molecule has 1 aliphatic heterocycles. The number of thiophene rings is 1. The minimum absolute atomic E-state index is 0.334. The van der Waals surface area contributed by atoms with Crippen LogP contribution in [0.4, 0.5) is 0 Å². The number of hydrogen-bond acceptors (Lipinski definition) is 8. The first-order valence-electron chi connectivity index (χ1n) is 9.82. The number of Topliss-reactive ketones (excluding diaryl/α,β-unsaturated/α-hetero) is 1. The molecule has 0 spiro atoms. The largest absolute Gasteiger partial charge is 0.468 e. The third kappa shape index (κ3) is 3.57. The monoisotopic (exact) mass is 438 g/mol. The number of nitrogens with one attached hydrogen (secondary N) is 1. The van der Waals surface area contributed by atoms with Crippen LogP contribution in [0.15, 0.2) is 64.6 Å². The number of ketones is 1. The summed E-state index contributed by atoms with van der Waals surface area (Å²) in [7, 11) is 2.59. The van der Waals surface area contributed by atoms with Crippen LogP contribution < -0.4 is 5.32 Å². The van der Waals surface area contributed by atoms with E-state index in [1.54, 1.807) is 25.4 Å². The Balaban J connectivity index is 1.90. The van der Waals surface area contributed by atoms with E-state index < -0.39 is 23.8 Å². The molecule has 2 aliphatic rings. The number of carbonyl (C=O) groups is 3. The van der Waals surface area contributed by atoms with Crippen LogP contribution in [-0.2, 0) is 23.9 Å². The maximum Gasteiger partial charge on any atom is 0.336 e. The van der Waals surface area contributed by atoms with Gasteiger partial charge in [-0.3, -0.25) is 14.6 Å². The highest BCUT2D eigenvalue weighted by molar-refractivity contribution is 7.10. The molecule has 2 aromatic rings. The third-order valence-electron chi connectivity index (χ3n) is 5.81. The van der Waals surface area contributed by atoms with E-state index >= 15 is 0 Å². The highest BCUT2D eigenvalue weighted by Gasteiger charge is 2.49. The predicted octanol–water partition coefficient (Wildman–Crippen LogP) is 3.08. The molecule has 0 amide bonds. The number of aromatic nitrogens is 1. The van der Waals surface area contributed by atoms with Gasteiger partial charge < -0.3 is 14.8 Å². The second-order valence-electron chi connectivity index (χ2n) is 7.46. The first-order valence-corrected chi connectivity index (χ1v) is 10.7. The number of methoxy groups -OCH3 is 2. The van der Waals surface area contributed by atoms with E-state index in [2.05, 4.69) is 10.3 Å². The number of ether oxygens (including phenoxy) is 2. The number of dihydropyridines is 1. The van der Waals surface area contributed by atoms with E-state index in [0.717, 1.165) is 4.88 Å². The fourth-order valence-corrected chi connectivity index (χ4v) is 5.33. The van der Waals surface area contributed by atoms with Crippen LogP contribution in [0.5, 0.6) is 0 Å². The summed E-state index contributed by atoms with van der Waals surface area (Å²) < 4.78 is 10.0. The molecule has 1 N–H and O–H groups in total. The van der Waals surface area contributed by atoms with E-state index in [1.165, 1.54) is 25.6 Å². The molecule has 0 bridgehead atoms. The van der Waals surface area contributed by atoms with Gasteiger partial charge in [-0.1, -0.05) is 12.1 Å². The maximum absolute atomic E-state index is 13.8. The zero-order valence-electron chi connectivity index (χ0n) is 17.4.